The van der Waals surface area contributed by atoms with E-state index in [0.717, 1.165) is 45.9 Å². The summed E-state index contributed by atoms with van der Waals surface area (Å²) in [5, 5.41) is 9.83. The fourth-order valence-electron chi connectivity index (χ4n) is 3.56. The lowest BCUT2D eigenvalue weighted by Gasteiger charge is -2.10. The van der Waals surface area contributed by atoms with E-state index in [0.29, 0.717) is 17.3 Å². The highest BCUT2D eigenvalue weighted by Gasteiger charge is 2.14. The minimum atomic E-state index is 0.516. The van der Waals surface area contributed by atoms with Crippen LogP contribution in [0.25, 0.3) is 16.9 Å². The van der Waals surface area contributed by atoms with E-state index in [9.17, 15) is 5.26 Å². The van der Waals surface area contributed by atoms with Gasteiger partial charge in [-0.2, -0.15) is 5.26 Å². The molecule has 4 aromatic rings. The fraction of sp³-hybridized carbons (Fsp3) is 0.227. The van der Waals surface area contributed by atoms with E-state index in [1.165, 1.54) is 0 Å². The molecule has 0 aliphatic carbocycles. The second-order valence-corrected chi connectivity index (χ2v) is 7.35. The van der Waals surface area contributed by atoms with Gasteiger partial charge in [-0.1, -0.05) is 30.7 Å². The number of pyridine rings is 1. The molecule has 0 radical (unpaired) electrons. The number of hydrogen-bond donors (Lipinski definition) is 0. The molecule has 6 heteroatoms. The van der Waals surface area contributed by atoms with Gasteiger partial charge in [0.05, 0.1) is 11.6 Å². The molecule has 0 N–H and O–H groups in total. The molecule has 0 aliphatic rings. The molecule has 5 nitrogen and oxygen atoms in total. The zero-order valence-electron chi connectivity index (χ0n) is 16.1. The molecule has 1 aromatic carbocycles. The van der Waals surface area contributed by atoms with Crippen LogP contribution in [0.4, 0.5) is 0 Å². The summed E-state index contributed by atoms with van der Waals surface area (Å²) in [6.45, 7) is 6.91. The Hall–Kier alpha value is -3.10. The predicted octanol–water partition coefficient (Wildman–Crippen LogP) is 4.97. The number of hydrogen-bond acceptors (Lipinski definition) is 3. The minimum absolute atomic E-state index is 0.516. The fourth-order valence-corrected chi connectivity index (χ4v) is 3.76. The van der Waals surface area contributed by atoms with Crippen molar-refractivity contribution in [2.75, 3.05) is 0 Å². The van der Waals surface area contributed by atoms with Crippen LogP contribution in [-0.2, 0) is 13.0 Å². The molecule has 3 heterocycles. The van der Waals surface area contributed by atoms with Crippen molar-refractivity contribution in [3.63, 3.8) is 0 Å². The summed E-state index contributed by atoms with van der Waals surface area (Å²) < 4.78 is 3.99. The van der Waals surface area contributed by atoms with Gasteiger partial charge in [0.1, 0.15) is 23.1 Å². The Morgan fingerprint density at radius 2 is 1.86 bits per heavy atom. The van der Waals surface area contributed by atoms with Crippen LogP contribution in [0.5, 0.6) is 0 Å². The first-order chi connectivity index (χ1) is 13.5. The number of benzene rings is 1. The third-order valence-corrected chi connectivity index (χ3v) is 5.08. The van der Waals surface area contributed by atoms with Crippen molar-refractivity contribution < 1.29 is 0 Å². The maximum absolute atomic E-state index is 9.28. The van der Waals surface area contributed by atoms with Crippen LogP contribution in [0.2, 0.25) is 5.02 Å². The van der Waals surface area contributed by atoms with E-state index >= 15 is 0 Å². The van der Waals surface area contributed by atoms with Gasteiger partial charge < -0.3 is 9.13 Å². The van der Waals surface area contributed by atoms with Crippen molar-refractivity contribution in [2.45, 2.75) is 33.7 Å². The van der Waals surface area contributed by atoms with Crippen molar-refractivity contribution in [3.8, 4) is 11.8 Å². The molecule has 4 rings (SSSR count). The minimum Gasteiger partial charge on any atom is -0.308 e. The highest BCUT2D eigenvalue weighted by atomic mass is 35.5. The van der Waals surface area contributed by atoms with Gasteiger partial charge >= 0.3 is 0 Å². The lowest BCUT2D eigenvalue weighted by Crippen LogP contribution is -2.06. The molecule has 0 saturated heterocycles. The molecule has 0 spiro atoms. The standard InChI is InChI=1S/C22H20ClN5/c1-4-20-26-21-14(2)9-15(3)25-22(21)28(20)12-16-5-7-18(8-6-16)27-13-17(23)10-19(27)11-24/h5-10,13H,4,12H2,1-3H3. The summed E-state index contributed by atoms with van der Waals surface area (Å²) in [6.07, 6.45) is 2.60. The number of nitriles is 1. The van der Waals surface area contributed by atoms with Crippen molar-refractivity contribution in [1.82, 2.24) is 19.1 Å². The maximum Gasteiger partial charge on any atom is 0.160 e. The molecule has 0 fully saturated rings. The van der Waals surface area contributed by atoms with Crippen LogP contribution in [0.3, 0.4) is 0 Å². The quantitative estimate of drug-likeness (QED) is 0.494. The van der Waals surface area contributed by atoms with E-state index in [2.05, 4.69) is 42.7 Å². The zero-order valence-corrected chi connectivity index (χ0v) is 16.8. The molecule has 28 heavy (non-hydrogen) atoms. The number of fused-ring (bicyclic) bond motifs is 1. The Balaban J connectivity index is 1.71. The first kappa shape index (κ1) is 18.3. The van der Waals surface area contributed by atoms with Crippen molar-refractivity contribution in [2.24, 2.45) is 0 Å². The summed E-state index contributed by atoms with van der Waals surface area (Å²) in [7, 11) is 0. The Morgan fingerprint density at radius 1 is 1.11 bits per heavy atom. The summed E-state index contributed by atoms with van der Waals surface area (Å²) in [6, 6.07) is 14.0. The van der Waals surface area contributed by atoms with Gasteiger partial charge in [0.2, 0.25) is 0 Å². The van der Waals surface area contributed by atoms with E-state index < -0.39 is 0 Å². The topological polar surface area (TPSA) is 59.4 Å². The largest absolute Gasteiger partial charge is 0.308 e. The van der Waals surface area contributed by atoms with Crippen LogP contribution in [0.15, 0.2) is 42.6 Å². The maximum atomic E-state index is 9.28. The second-order valence-electron chi connectivity index (χ2n) is 6.91. The summed E-state index contributed by atoms with van der Waals surface area (Å²) in [5.41, 5.74) is 6.63. The molecular weight excluding hydrogens is 370 g/mol. The van der Waals surface area contributed by atoms with E-state index in [1.54, 1.807) is 16.8 Å². The van der Waals surface area contributed by atoms with Gasteiger partial charge in [0.25, 0.3) is 0 Å². The van der Waals surface area contributed by atoms with Gasteiger partial charge in [-0.3, -0.25) is 0 Å². The van der Waals surface area contributed by atoms with Gasteiger partial charge in [-0.05, 0) is 49.2 Å². The molecule has 0 saturated carbocycles. The number of nitrogens with zero attached hydrogens (tertiary/aromatic N) is 5. The van der Waals surface area contributed by atoms with Gasteiger partial charge in [-0.15, -0.1) is 0 Å². The van der Waals surface area contributed by atoms with Crippen LogP contribution in [-0.4, -0.2) is 19.1 Å². The van der Waals surface area contributed by atoms with Gasteiger partial charge in [-0.25, -0.2) is 9.97 Å². The Labute approximate surface area is 168 Å². The van der Waals surface area contributed by atoms with Gasteiger partial charge in [0, 0.05) is 24.0 Å². The van der Waals surface area contributed by atoms with Crippen molar-refractivity contribution in [3.05, 3.63) is 76.0 Å². The molecular formula is C22H20ClN5. The molecule has 0 bridgehead atoms. The number of halogens is 1. The number of rotatable bonds is 4. The SMILES string of the molecule is CCc1nc2c(C)cc(C)nc2n1Cc1ccc(-n2cc(Cl)cc2C#N)cc1. The third-order valence-electron chi connectivity index (χ3n) is 4.87. The predicted molar refractivity (Wildman–Crippen MR) is 111 cm³/mol. The third kappa shape index (κ3) is 3.17. The Bertz CT molecular complexity index is 1210. The number of aromatic nitrogens is 4. The summed E-state index contributed by atoms with van der Waals surface area (Å²) in [4.78, 5) is 9.54. The second kappa shape index (κ2) is 7.14. The first-order valence-electron chi connectivity index (χ1n) is 9.20. The normalized spacial score (nSPS) is 11.1. The van der Waals surface area contributed by atoms with Crippen LogP contribution >= 0.6 is 11.6 Å². The van der Waals surface area contributed by atoms with E-state index in [-0.39, 0.29) is 0 Å². The smallest absolute Gasteiger partial charge is 0.160 e. The average Bonchev–Trinajstić information content (AvgIpc) is 3.23. The molecule has 0 amide bonds. The van der Waals surface area contributed by atoms with E-state index in [1.807, 2.05) is 19.1 Å². The Kier molecular flexibility index (Phi) is 4.66. The molecule has 0 atom stereocenters. The average molecular weight is 390 g/mol. The first-order valence-corrected chi connectivity index (χ1v) is 9.58. The molecule has 0 unspecified atom stereocenters. The highest BCUT2D eigenvalue weighted by Crippen LogP contribution is 2.23. The molecule has 3 aromatic heterocycles. The van der Waals surface area contributed by atoms with Crippen molar-refractivity contribution >= 4 is 22.8 Å². The number of imidazole rings is 1. The van der Waals surface area contributed by atoms with Gasteiger partial charge in [0.15, 0.2) is 5.65 Å². The van der Waals surface area contributed by atoms with Crippen LogP contribution in [0, 0.1) is 25.2 Å². The van der Waals surface area contributed by atoms with Crippen LogP contribution in [0.1, 0.15) is 35.3 Å². The Morgan fingerprint density at radius 3 is 2.54 bits per heavy atom. The summed E-state index contributed by atoms with van der Waals surface area (Å²) >= 11 is 6.05. The number of aryl methyl sites for hydroxylation is 3. The van der Waals surface area contributed by atoms with E-state index in [4.69, 9.17) is 21.6 Å². The summed E-state index contributed by atoms with van der Waals surface area (Å²) in [5.74, 6) is 1.03. The molecule has 0 aliphatic heterocycles. The van der Waals surface area contributed by atoms with Crippen molar-refractivity contribution in [1.29, 1.82) is 5.26 Å². The monoisotopic (exact) mass is 389 g/mol. The van der Waals surface area contributed by atoms with Crippen LogP contribution < -0.4 is 0 Å². The zero-order chi connectivity index (χ0) is 19.8. The molecule has 140 valence electrons. The highest BCUT2D eigenvalue weighted by molar-refractivity contribution is 6.30. The lowest BCUT2D eigenvalue weighted by molar-refractivity contribution is 0.745. The lowest BCUT2D eigenvalue weighted by atomic mass is 10.2.